The van der Waals surface area contributed by atoms with Crippen LogP contribution in [0.15, 0.2) is 24.3 Å². The number of carbonyl (C=O) groups excluding carboxylic acids is 2. The van der Waals surface area contributed by atoms with Gasteiger partial charge in [-0.15, -0.1) is 11.3 Å². The number of benzene rings is 1. The first kappa shape index (κ1) is 17.9. The molecule has 6 nitrogen and oxygen atoms in total. The fourth-order valence-corrected chi connectivity index (χ4v) is 3.05. The Balaban J connectivity index is 1.80. The van der Waals surface area contributed by atoms with Gasteiger partial charge in [-0.3, -0.25) is 20.4 Å². The van der Waals surface area contributed by atoms with Gasteiger partial charge in [-0.1, -0.05) is 24.6 Å². The molecule has 0 atom stereocenters. The summed E-state index contributed by atoms with van der Waals surface area (Å²) in [5.41, 5.74) is 6.52. The molecule has 0 fully saturated rings. The number of aryl methyl sites for hydroxylation is 3. The van der Waals surface area contributed by atoms with Crippen molar-refractivity contribution in [2.45, 2.75) is 33.6 Å². The van der Waals surface area contributed by atoms with Gasteiger partial charge < -0.3 is 4.74 Å². The Hall–Kier alpha value is -2.41. The molecule has 0 saturated carbocycles. The van der Waals surface area contributed by atoms with E-state index in [1.54, 1.807) is 19.1 Å². The number of hydrazine groups is 1. The second-order valence-electron chi connectivity index (χ2n) is 5.38. The van der Waals surface area contributed by atoms with E-state index in [2.05, 4.69) is 22.8 Å². The summed E-state index contributed by atoms with van der Waals surface area (Å²) in [6.07, 6.45) is 1.82. The molecule has 0 aliphatic rings. The van der Waals surface area contributed by atoms with Crippen molar-refractivity contribution < 1.29 is 14.3 Å². The van der Waals surface area contributed by atoms with Crippen LogP contribution in [0.3, 0.4) is 0 Å². The first-order valence-corrected chi connectivity index (χ1v) is 8.56. The molecule has 0 bridgehead atoms. The van der Waals surface area contributed by atoms with Gasteiger partial charge in [0.05, 0.1) is 10.7 Å². The van der Waals surface area contributed by atoms with Crippen LogP contribution in [0.5, 0.6) is 5.75 Å². The number of nitrogens with zero attached hydrogens (tertiary/aromatic N) is 1. The number of rotatable bonds is 6. The summed E-state index contributed by atoms with van der Waals surface area (Å²) in [6, 6.07) is 7.37. The standard InChI is InChI=1S/C17H21N3O3S/c1-4-5-15-18-12(3)16(24-15)17(22)20-19-14(21)10-23-13-8-6-11(2)7-9-13/h6-9H,4-5,10H2,1-3H3,(H,19,21)(H,20,22). The third kappa shape index (κ3) is 5.06. The molecule has 0 saturated heterocycles. The quantitative estimate of drug-likeness (QED) is 0.787. The maximum absolute atomic E-state index is 12.1. The number of nitrogens with one attached hydrogen (secondary N) is 2. The predicted octanol–water partition coefficient (Wildman–Crippen LogP) is 2.55. The molecule has 2 amide bonds. The number of hydrogen-bond acceptors (Lipinski definition) is 5. The summed E-state index contributed by atoms with van der Waals surface area (Å²) in [4.78, 5) is 28.7. The topological polar surface area (TPSA) is 80.3 Å². The number of carbonyl (C=O) groups is 2. The smallest absolute Gasteiger partial charge is 0.281 e. The molecule has 1 aromatic carbocycles. The van der Waals surface area contributed by atoms with Gasteiger partial charge in [0.15, 0.2) is 6.61 Å². The Kier molecular flexibility index (Phi) is 6.31. The molecule has 0 spiro atoms. The molecule has 1 heterocycles. The van der Waals surface area contributed by atoms with Gasteiger partial charge in [-0.25, -0.2) is 4.98 Å². The van der Waals surface area contributed by atoms with E-state index in [-0.39, 0.29) is 12.5 Å². The van der Waals surface area contributed by atoms with Gasteiger partial charge in [0, 0.05) is 0 Å². The monoisotopic (exact) mass is 347 g/mol. The predicted molar refractivity (Wildman–Crippen MR) is 93.1 cm³/mol. The number of aromatic nitrogens is 1. The van der Waals surface area contributed by atoms with E-state index < -0.39 is 5.91 Å². The van der Waals surface area contributed by atoms with Gasteiger partial charge in [-0.2, -0.15) is 0 Å². The van der Waals surface area contributed by atoms with Crippen molar-refractivity contribution in [3.8, 4) is 5.75 Å². The van der Waals surface area contributed by atoms with E-state index in [1.807, 2.05) is 19.1 Å². The van der Waals surface area contributed by atoms with Crippen molar-refractivity contribution in [1.29, 1.82) is 0 Å². The third-order valence-corrected chi connectivity index (χ3v) is 4.43. The largest absolute Gasteiger partial charge is 0.484 e. The average Bonchev–Trinajstić information content (AvgIpc) is 2.93. The third-order valence-electron chi connectivity index (χ3n) is 3.22. The molecule has 0 radical (unpaired) electrons. The minimum absolute atomic E-state index is 0.175. The van der Waals surface area contributed by atoms with E-state index in [0.29, 0.717) is 16.3 Å². The van der Waals surface area contributed by atoms with Gasteiger partial charge in [0.1, 0.15) is 10.6 Å². The Morgan fingerprint density at radius 1 is 1.17 bits per heavy atom. The van der Waals surface area contributed by atoms with E-state index >= 15 is 0 Å². The van der Waals surface area contributed by atoms with Crippen LogP contribution in [0.2, 0.25) is 0 Å². The van der Waals surface area contributed by atoms with Gasteiger partial charge >= 0.3 is 0 Å². The lowest BCUT2D eigenvalue weighted by molar-refractivity contribution is -0.123. The first-order valence-electron chi connectivity index (χ1n) is 7.74. The van der Waals surface area contributed by atoms with Crippen LogP contribution in [0.25, 0.3) is 0 Å². The van der Waals surface area contributed by atoms with Crippen molar-refractivity contribution >= 4 is 23.2 Å². The van der Waals surface area contributed by atoms with Crippen LogP contribution >= 0.6 is 11.3 Å². The summed E-state index contributed by atoms with van der Waals surface area (Å²) in [5.74, 6) is -0.194. The first-order chi connectivity index (χ1) is 11.5. The molecule has 7 heteroatoms. The van der Waals surface area contributed by atoms with Crippen molar-refractivity contribution in [2.75, 3.05) is 6.61 Å². The summed E-state index contributed by atoms with van der Waals surface area (Å²) >= 11 is 1.35. The molecule has 0 aliphatic heterocycles. The van der Waals surface area contributed by atoms with Crippen molar-refractivity contribution in [3.63, 3.8) is 0 Å². The summed E-state index contributed by atoms with van der Waals surface area (Å²) < 4.78 is 5.35. The average molecular weight is 347 g/mol. The molecular formula is C17H21N3O3S. The van der Waals surface area contributed by atoms with Crippen molar-refractivity contribution in [3.05, 3.63) is 45.4 Å². The van der Waals surface area contributed by atoms with E-state index in [9.17, 15) is 9.59 Å². The lowest BCUT2D eigenvalue weighted by Gasteiger charge is -2.08. The van der Waals surface area contributed by atoms with Crippen molar-refractivity contribution in [2.24, 2.45) is 0 Å². The highest BCUT2D eigenvalue weighted by molar-refractivity contribution is 7.13. The zero-order chi connectivity index (χ0) is 17.5. The van der Waals surface area contributed by atoms with Gasteiger partial charge in [0.25, 0.3) is 11.8 Å². The lowest BCUT2D eigenvalue weighted by Crippen LogP contribution is -2.43. The second-order valence-corrected chi connectivity index (χ2v) is 6.46. The molecule has 0 unspecified atom stereocenters. The van der Waals surface area contributed by atoms with Crippen LogP contribution in [-0.2, 0) is 11.2 Å². The van der Waals surface area contributed by atoms with E-state index in [4.69, 9.17) is 4.74 Å². The van der Waals surface area contributed by atoms with Crippen LogP contribution < -0.4 is 15.6 Å². The molecule has 2 rings (SSSR count). The lowest BCUT2D eigenvalue weighted by atomic mass is 10.2. The highest BCUT2D eigenvalue weighted by Crippen LogP contribution is 2.19. The summed E-state index contributed by atoms with van der Waals surface area (Å²) in [5, 5.41) is 0.925. The second kappa shape index (κ2) is 8.44. The Morgan fingerprint density at radius 3 is 2.54 bits per heavy atom. The zero-order valence-electron chi connectivity index (χ0n) is 14.0. The molecule has 2 aromatic rings. The Labute approximate surface area is 145 Å². The van der Waals surface area contributed by atoms with Crippen LogP contribution in [0.4, 0.5) is 0 Å². The highest BCUT2D eigenvalue weighted by Gasteiger charge is 2.15. The number of ether oxygens (including phenoxy) is 1. The Morgan fingerprint density at radius 2 is 1.88 bits per heavy atom. The maximum atomic E-state index is 12.1. The zero-order valence-corrected chi connectivity index (χ0v) is 14.8. The van der Waals surface area contributed by atoms with Crippen LogP contribution in [0.1, 0.15) is 39.3 Å². The normalized spacial score (nSPS) is 10.3. The summed E-state index contributed by atoms with van der Waals surface area (Å²) in [7, 11) is 0. The number of amides is 2. The van der Waals surface area contributed by atoms with Gasteiger partial charge in [-0.05, 0) is 38.8 Å². The molecule has 24 heavy (non-hydrogen) atoms. The number of hydrogen-bond donors (Lipinski definition) is 2. The molecular weight excluding hydrogens is 326 g/mol. The Bertz CT molecular complexity index is 710. The molecule has 1 aromatic heterocycles. The minimum Gasteiger partial charge on any atom is -0.484 e. The number of thiazole rings is 1. The molecule has 2 N–H and O–H groups in total. The highest BCUT2D eigenvalue weighted by atomic mass is 32.1. The maximum Gasteiger partial charge on any atom is 0.281 e. The fraction of sp³-hybridized carbons (Fsp3) is 0.353. The van der Waals surface area contributed by atoms with Crippen molar-refractivity contribution in [1.82, 2.24) is 15.8 Å². The van der Waals surface area contributed by atoms with Crippen LogP contribution in [-0.4, -0.2) is 23.4 Å². The van der Waals surface area contributed by atoms with E-state index in [1.165, 1.54) is 11.3 Å². The fourth-order valence-electron chi connectivity index (χ4n) is 1.99. The summed E-state index contributed by atoms with van der Waals surface area (Å²) in [6.45, 7) is 5.64. The SMILES string of the molecule is CCCc1nc(C)c(C(=O)NNC(=O)COc2ccc(C)cc2)s1. The van der Waals surface area contributed by atoms with Crippen LogP contribution in [0, 0.1) is 13.8 Å². The van der Waals surface area contributed by atoms with E-state index in [0.717, 1.165) is 23.4 Å². The molecule has 128 valence electrons. The van der Waals surface area contributed by atoms with Gasteiger partial charge in [0.2, 0.25) is 0 Å². The molecule has 0 aliphatic carbocycles. The minimum atomic E-state index is -0.431.